The minimum Gasteiger partial charge on any atom is -0.468 e. The molecule has 0 saturated carbocycles. The number of carbonyl (C=O) groups is 1. The van der Waals surface area contributed by atoms with Crippen molar-refractivity contribution >= 4 is 5.97 Å². The summed E-state index contributed by atoms with van der Waals surface area (Å²) in [6, 6.07) is 0. The molecule has 0 unspecified atom stereocenters. The first-order valence-electron chi connectivity index (χ1n) is 3.66. The van der Waals surface area contributed by atoms with Crippen molar-refractivity contribution < 1.29 is 14.7 Å². The van der Waals surface area contributed by atoms with Crippen LogP contribution in [0.4, 0.5) is 0 Å². The summed E-state index contributed by atoms with van der Waals surface area (Å²) in [6.45, 7) is 3.62. The molecule has 0 bridgehead atoms. The highest BCUT2D eigenvalue weighted by Gasteiger charge is 2.35. The van der Waals surface area contributed by atoms with Crippen molar-refractivity contribution in [1.29, 1.82) is 0 Å². The molecule has 0 aliphatic heterocycles. The van der Waals surface area contributed by atoms with Gasteiger partial charge in [-0.3, -0.25) is 0 Å². The van der Waals surface area contributed by atoms with Gasteiger partial charge in [-0.15, -0.1) is 0 Å². The second-order valence-corrected chi connectivity index (χ2v) is 2.39. The predicted molar refractivity (Wildman–Crippen MR) is 40.3 cm³/mol. The summed E-state index contributed by atoms with van der Waals surface area (Å²) in [5, 5.41) is 8.73. The maximum absolute atomic E-state index is 11.1. The zero-order chi connectivity index (χ0) is 8.91. The van der Waals surface area contributed by atoms with E-state index in [1.165, 1.54) is 7.11 Å². The Kier molecular flexibility index (Phi) is 4.07. The number of carbonyl (C=O) groups excluding carboxylic acids is 1. The van der Waals surface area contributed by atoms with E-state index in [0.29, 0.717) is 12.8 Å². The minimum atomic E-state index is -0.922. The van der Waals surface area contributed by atoms with Crippen molar-refractivity contribution in [1.82, 2.24) is 5.48 Å². The highest BCUT2D eigenvalue weighted by Crippen LogP contribution is 2.15. The Morgan fingerprint density at radius 1 is 1.55 bits per heavy atom. The topological polar surface area (TPSA) is 58.6 Å². The Morgan fingerprint density at radius 3 is 2.09 bits per heavy atom. The van der Waals surface area contributed by atoms with Crippen LogP contribution in [-0.2, 0) is 9.53 Å². The standard InChI is InChI=1S/C7H15NO3/c1-4-7(5-2,8-10)6(9)11-3/h8,10H,4-5H2,1-3H3. The summed E-state index contributed by atoms with van der Waals surface area (Å²) in [4.78, 5) is 11.1. The fraction of sp³-hybridized carbons (Fsp3) is 0.857. The summed E-state index contributed by atoms with van der Waals surface area (Å²) < 4.78 is 4.53. The number of rotatable bonds is 4. The van der Waals surface area contributed by atoms with E-state index in [1.54, 1.807) is 0 Å². The van der Waals surface area contributed by atoms with E-state index in [-0.39, 0.29) is 0 Å². The summed E-state index contributed by atoms with van der Waals surface area (Å²) in [5.41, 5.74) is 1.07. The van der Waals surface area contributed by atoms with Crippen LogP contribution in [0.1, 0.15) is 26.7 Å². The highest BCUT2D eigenvalue weighted by molar-refractivity contribution is 5.80. The van der Waals surface area contributed by atoms with Crippen LogP contribution < -0.4 is 5.48 Å². The van der Waals surface area contributed by atoms with Gasteiger partial charge in [0.2, 0.25) is 0 Å². The smallest absolute Gasteiger partial charge is 0.328 e. The molecule has 0 saturated heterocycles. The molecule has 4 nitrogen and oxygen atoms in total. The Labute approximate surface area is 66.5 Å². The quantitative estimate of drug-likeness (QED) is 0.470. The molecule has 0 aromatic carbocycles. The third kappa shape index (κ3) is 1.91. The van der Waals surface area contributed by atoms with Gasteiger partial charge in [0, 0.05) is 0 Å². The summed E-state index contributed by atoms with van der Waals surface area (Å²) in [5.74, 6) is -0.426. The molecule has 11 heavy (non-hydrogen) atoms. The lowest BCUT2D eigenvalue weighted by atomic mass is 9.94. The maximum Gasteiger partial charge on any atom is 0.328 e. The first-order chi connectivity index (χ1) is 5.16. The molecule has 0 aliphatic rings. The molecule has 0 radical (unpaired) electrons. The van der Waals surface area contributed by atoms with E-state index < -0.39 is 11.5 Å². The molecule has 0 fully saturated rings. The van der Waals surface area contributed by atoms with Crippen LogP contribution in [-0.4, -0.2) is 23.8 Å². The van der Waals surface area contributed by atoms with Crippen LogP contribution in [0.25, 0.3) is 0 Å². The Bertz CT molecular complexity index is 123. The van der Waals surface area contributed by atoms with Gasteiger partial charge < -0.3 is 9.94 Å². The van der Waals surface area contributed by atoms with E-state index in [1.807, 2.05) is 19.3 Å². The number of hydrogen-bond donors (Lipinski definition) is 2. The summed E-state index contributed by atoms with van der Waals surface area (Å²) in [7, 11) is 1.31. The molecule has 0 heterocycles. The molecule has 4 heteroatoms. The van der Waals surface area contributed by atoms with Crippen LogP contribution in [0, 0.1) is 0 Å². The first-order valence-corrected chi connectivity index (χ1v) is 3.66. The molecule has 0 aromatic heterocycles. The molecule has 0 aromatic rings. The zero-order valence-corrected chi connectivity index (χ0v) is 7.18. The third-order valence-electron chi connectivity index (χ3n) is 2.00. The fourth-order valence-corrected chi connectivity index (χ4v) is 0.938. The average Bonchev–Trinajstić information content (AvgIpc) is 2.08. The van der Waals surface area contributed by atoms with E-state index >= 15 is 0 Å². The molecule has 66 valence electrons. The van der Waals surface area contributed by atoms with Crippen LogP contribution in [0.3, 0.4) is 0 Å². The number of esters is 1. The van der Waals surface area contributed by atoms with Gasteiger partial charge in [-0.05, 0) is 12.8 Å². The first kappa shape index (κ1) is 10.4. The number of nitrogens with one attached hydrogen (secondary N) is 1. The van der Waals surface area contributed by atoms with Crippen molar-refractivity contribution in [3.8, 4) is 0 Å². The number of hydroxylamine groups is 1. The van der Waals surface area contributed by atoms with Crippen molar-refractivity contribution in [2.75, 3.05) is 7.11 Å². The van der Waals surface area contributed by atoms with E-state index in [2.05, 4.69) is 4.74 Å². The van der Waals surface area contributed by atoms with Gasteiger partial charge in [-0.25, -0.2) is 4.79 Å². The van der Waals surface area contributed by atoms with Gasteiger partial charge >= 0.3 is 5.97 Å². The van der Waals surface area contributed by atoms with Gasteiger partial charge in [-0.2, -0.15) is 5.48 Å². The minimum absolute atomic E-state index is 0.426. The van der Waals surface area contributed by atoms with Crippen molar-refractivity contribution in [3.63, 3.8) is 0 Å². The SMILES string of the molecule is CCC(CC)(NO)C(=O)OC. The largest absolute Gasteiger partial charge is 0.468 e. The van der Waals surface area contributed by atoms with E-state index in [9.17, 15) is 4.79 Å². The molecule has 0 atom stereocenters. The molecule has 0 aliphatic carbocycles. The van der Waals surface area contributed by atoms with Crippen LogP contribution in [0.15, 0.2) is 0 Å². The normalized spacial score (nSPS) is 11.3. The summed E-state index contributed by atoms with van der Waals surface area (Å²) in [6.07, 6.45) is 1.01. The molecule has 0 spiro atoms. The lowest BCUT2D eigenvalue weighted by Crippen LogP contribution is -2.50. The predicted octanol–water partition coefficient (Wildman–Crippen LogP) is 0.697. The highest BCUT2D eigenvalue weighted by atomic mass is 16.5. The van der Waals surface area contributed by atoms with Gasteiger partial charge in [0.25, 0.3) is 0 Å². The number of methoxy groups -OCH3 is 1. The van der Waals surface area contributed by atoms with Crippen molar-refractivity contribution in [3.05, 3.63) is 0 Å². The third-order valence-corrected chi connectivity index (χ3v) is 2.00. The van der Waals surface area contributed by atoms with Gasteiger partial charge in [0.05, 0.1) is 7.11 Å². The van der Waals surface area contributed by atoms with E-state index in [0.717, 1.165) is 0 Å². The Hall–Kier alpha value is -0.610. The van der Waals surface area contributed by atoms with Crippen LogP contribution >= 0.6 is 0 Å². The monoisotopic (exact) mass is 161 g/mol. The number of hydrogen-bond acceptors (Lipinski definition) is 4. The average molecular weight is 161 g/mol. The van der Waals surface area contributed by atoms with Crippen molar-refractivity contribution in [2.45, 2.75) is 32.2 Å². The second kappa shape index (κ2) is 4.31. The second-order valence-electron chi connectivity index (χ2n) is 2.39. The number of ether oxygens (including phenoxy) is 1. The van der Waals surface area contributed by atoms with Crippen molar-refractivity contribution in [2.24, 2.45) is 0 Å². The summed E-state index contributed by atoms with van der Waals surface area (Å²) >= 11 is 0. The van der Waals surface area contributed by atoms with Gasteiger partial charge in [-0.1, -0.05) is 13.8 Å². The molecule has 0 amide bonds. The zero-order valence-electron chi connectivity index (χ0n) is 7.18. The van der Waals surface area contributed by atoms with Crippen LogP contribution in [0.2, 0.25) is 0 Å². The molecular formula is C7H15NO3. The maximum atomic E-state index is 11.1. The Morgan fingerprint density at radius 2 is 2.00 bits per heavy atom. The fourth-order valence-electron chi connectivity index (χ4n) is 0.938. The molecular weight excluding hydrogens is 146 g/mol. The molecule has 2 N–H and O–H groups in total. The molecule has 0 rings (SSSR count). The lowest BCUT2D eigenvalue weighted by molar-refractivity contribution is -0.154. The van der Waals surface area contributed by atoms with Gasteiger partial charge in [0.1, 0.15) is 5.54 Å². The van der Waals surface area contributed by atoms with E-state index in [4.69, 9.17) is 5.21 Å². The van der Waals surface area contributed by atoms with Gasteiger partial charge in [0.15, 0.2) is 0 Å². The Balaban J connectivity index is 4.39. The lowest BCUT2D eigenvalue weighted by Gasteiger charge is -2.25. The van der Waals surface area contributed by atoms with Crippen LogP contribution in [0.5, 0.6) is 0 Å².